The number of thiazole rings is 1. The Bertz CT molecular complexity index is 1430. The summed E-state index contributed by atoms with van der Waals surface area (Å²) < 4.78 is 1.79. The summed E-state index contributed by atoms with van der Waals surface area (Å²) in [5, 5.41) is 10.5. The fourth-order valence-corrected chi connectivity index (χ4v) is 6.13. The first-order valence-electron chi connectivity index (χ1n) is 13.3. The van der Waals surface area contributed by atoms with Gasteiger partial charge in [0.25, 0.3) is 0 Å². The molecule has 1 aliphatic rings. The molecule has 3 aromatic heterocycles. The van der Waals surface area contributed by atoms with E-state index in [0.717, 1.165) is 27.4 Å². The van der Waals surface area contributed by atoms with E-state index in [-0.39, 0.29) is 30.6 Å². The molecule has 8 nitrogen and oxygen atoms in total. The highest BCUT2D eigenvalue weighted by Gasteiger charge is 2.41. The zero-order valence-electron chi connectivity index (χ0n) is 22.4. The minimum absolute atomic E-state index is 0.0136. The lowest BCUT2D eigenvalue weighted by atomic mass is 9.91. The van der Waals surface area contributed by atoms with Gasteiger partial charge in [0, 0.05) is 31.8 Å². The number of amides is 1. The third kappa shape index (κ3) is 5.69. The van der Waals surface area contributed by atoms with Crippen molar-refractivity contribution in [1.29, 1.82) is 0 Å². The SMILES string of the molecule is CC[C@@H](C(=O)N1C[C@H](O)C[C@H]1C(=O)C[C@@H](C)c1ccc(-c2scnc2C)cc1)n1cnc(-c2ccccn2)c1. The topological polar surface area (TPSA) is 101 Å². The number of carbonyl (C=O) groups is 2. The van der Waals surface area contributed by atoms with Gasteiger partial charge in [0.05, 0.1) is 40.2 Å². The molecule has 1 aromatic carbocycles. The minimum atomic E-state index is -0.718. The average Bonchev–Trinajstić information content (AvgIpc) is 3.70. The van der Waals surface area contributed by atoms with Crippen molar-refractivity contribution in [2.24, 2.45) is 0 Å². The molecule has 0 spiro atoms. The van der Waals surface area contributed by atoms with Gasteiger partial charge in [-0.15, -0.1) is 11.3 Å². The van der Waals surface area contributed by atoms with Crippen LogP contribution in [-0.2, 0) is 9.59 Å². The van der Waals surface area contributed by atoms with Crippen LogP contribution in [0.4, 0.5) is 0 Å². The average molecular weight is 544 g/mol. The molecule has 1 saturated heterocycles. The summed E-state index contributed by atoms with van der Waals surface area (Å²) in [6.07, 6.45) is 5.54. The molecule has 0 aliphatic carbocycles. The largest absolute Gasteiger partial charge is 0.391 e. The quantitative estimate of drug-likeness (QED) is 0.317. The van der Waals surface area contributed by atoms with Crippen molar-refractivity contribution in [2.45, 2.75) is 64.1 Å². The minimum Gasteiger partial charge on any atom is -0.391 e. The highest BCUT2D eigenvalue weighted by Crippen LogP contribution is 2.31. The van der Waals surface area contributed by atoms with E-state index in [1.54, 1.807) is 33.3 Å². The highest BCUT2D eigenvalue weighted by molar-refractivity contribution is 7.13. The molecule has 1 aliphatic heterocycles. The third-order valence-electron chi connectivity index (χ3n) is 7.49. The Morgan fingerprint density at radius 3 is 2.56 bits per heavy atom. The van der Waals surface area contributed by atoms with Gasteiger partial charge in [0.2, 0.25) is 5.91 Å². The number of rotatable bonds is 9. The maximum atomic E-state index is 13.7. The summed E-state index contributed by atoms with van der Waals surface area (Å²) >= 11 is 1.61. The van der Waals surface area contributed by atoms with Crippen LogP contribution >= 0.6 is 11.3 Å². The van der Waals surface area contributed by atoms with E-state index in [1.807, 2.05) is 50.7 Å². The molecule has 0 bridgehead atoms. The summed E-state index contributed by atoms with van der Waals surface area (Å²) in [5.74, 6) is -0.209. The fraction of sp³-hybridized carbons (Fsp3) is 0.367. The van der Waals surface area contributed by atoms with Crippen molar-refractivity contribution in [3.63, 3.8) is 0 Å². The lowest BCUT2D eigenvalue weighted by Gasteiger charge is -2.28. The first kappa shape index (κ1) is 26.9. The number of pyridine rings is 1. The molecule has 202 valence electrons. The number of hydrogen-bond donors (Lipinski definition) is 1. The normalized spacial score (nSPS) is 18.7. The van der Waals surface area contributed by atoms with Gasteiger partial charge in [-0.25, -0.2) is 9.97 Å². The van der Waals surface area contributed by atoms with Gasteiger partial charge < -0.3 is 14.6 Å². The van der Waals surface area contributed by atoms with Crippen molar-refractivity contribution < 1.29 is 14.7 Å². The Hall–Kier alpha value is -3.69. The second kappa shape index (κ2) is 11.6. The number of Topliss-reactive ketones (excluding diaryl/α,β-unsaturated/α-hetero) is 1. The Kier molecular flexibility index (Phi) is 7.99. The van der Waals surface area contributed by atoms with Gasteiger partial charge in [-0.3, -0.25) is 14.6 Å². The van der Waals surface area contributed by atoms with Crippen LogP contribution in [-0.4, -0.2) is 59.9 Å². The number of ketones is 1. The van der Waals surface area contributed by atoms with Gasteiger partial charge in [-0.05, 0) is 42.5 Å². The molecule has 5 rings (SSSR count). The number of nitrogens with zero attached hydrogens (tertiary/aromatic N) is 5. The summed E-state index contributed by atoms with van der Waals surface area (Å²) in [5.41, 5.74) is 6.45. The van der Waals surface area contributed by atoms with Crippen LogP contribution in [0.3, 0.4) is 0 Å². The number of aliphatic hydroxyl groups is 1. The van der Waals surface area contributed by atoms with Crippen LogP contribution < -0.4 is 0 Å². The number of imidazole rings is 1. The van der Waals surface area contributed by atoms with E-state index < -0.39 is 18.2 Å². The Balaban J connectivity index is 1.28. The second-order valence-electron chi connectivity index (χ2n) is 10.2. The van der Waals surface area contributed by atoms with E-state index in [4.69, 9.17) is 0 Å². The molecule has 4 atom stereocenters. The van der Waals surface area contributed by atoms with Crippen LogP contribution in [0.2, 0.25) is 0 Å². The second-order valence-corrected chi connectivity index (χ2v) is 11.1. The molecular formula is C30H33N5O3S. The number of β-amino-alcohol motifs (C(OH)–C–C–N with tert-alkyl or cyclic N) is 1. The summed E-state index contributed by atoms with van der Waals surface area (Å²) in [4.78, 5) is 43.0. The van der Waals surface area contributed by atoms with Crippen LogP contribution in [0, 0.1) is 6.92 Å². The smallest absolute Gasteiger partial charge is 0.246 e. The molecule has 1 fully saturated rings. The number of benzene rings is 1. The molecule has 39 heavy (non-hydrogen) atoms. The van der Waals surface area contributed by atoms with Crippen LogP contribution in [0.1, 0.15) is 56.3 Å². The van der Waals surface area contributed by atoms with Crippen LogP contribution in [0.25, 0.3) is 21.8 Å². The third-order valence-corrected chi connectivity index (χ3v) is 8.47. The first-order valence-corrected chi connectivity index (χ1v) is 14.2. The molecule has 1 amide bonds. The Morgan fingerprint density at radius 2 is 1.90 bits per heavy atom. The van der Waals surface area contributed by atoms with Crippen molar-refractivity contribution in [2.75, 3.05) is 6.54 Å². The lowest BCUT2D eigenvalue weighted by Crippen LogP contribution is -2.44. The molecule has 4 aromatic rings. The number of likely N-dealkylation sites (tertiary alicyclic amines) is 1. The predicted octanol–water partition coefficient (Wildman–Crippen LogP) is 5.05. The maximum absolute atomic E-state index is 13.7. The molecular weight excluding hydrogens is 510 g/mol. The van der Waals surface area contributed by atoms with Gasteiger partial charge >= 0.3 is 0 Å². The maximum Gasteiger partial charge on any atom is 0.246 e. The molecule has 0 saturated carbocycles. The molecule has 4 heterocycles. The van der Waals surface area contributed by atoms with Gasteiger partial charge in [0.1, 0.15) is 11.7 Å². The van der Waals surface area contributed by atoms with E-state index in [1.165, 1.54) is 0 Å². The van der Waals surface area contributed by atoms with E-state index in [2.05, 4.69) is 39.2 Å². The van der Waals surface area contributed by atoms with E-state index in [0.29, 0.717) is 18.5 Å². The Morgan fingerprint density at radius 1 is 1.10 bits per heavy atom. The van der Waals surface area contributed by atoms with Gasteiger partial charge in [-0.2, -0.15) is 0 Å². The summed E-state index contributed by atoms with van der Waals surface area (Å²) in [7, 11) is 0. The van der Waals surface area contributed by atoms with E-state index >= 15 is 0 Å². The van der Waals surface area contributed by atoms with Crippen LogP contribution in [0.15, 0.2) is 66.7 Å². The summed E-state index contributed by atoms with van der Waals surface area (Å²) in [6.45, 7) is 6.12. The fourth-order valence-electron chi connectivity index (χ4n) is 5.32. The number of aromatic nitrogens is 4. The number of aliphatic hydroxyl groups excluding tert-OH is 1. The molecule has 1 N–H and O–H groups in total. The monoisotopic (exact) mass is 543 g/mol. The van der Waals surface area contributed by atoms with Gasteiger partial charge in [-0.1, -0.05) is 44.2 Å². The zero-order chi connectivity index (χ0) is 27.5. The molecule has 0 radical (unpaired) electrons. The first-order chi connectivity index (χ1) is 18.9. The zero-order valence-corrected chi connectivity index (χ0v) is 23.2. The van der Waals surface area contributed by atoms with Crippen LogP contribution in [0.5, 0.6) is 0 Å². The summed E-state index contributed by atoms with van der Waals surface area (Å²) in [6, 6.07) is 12.7. The van der Waals surface area contributed by atoms with Gasteiger partial charge in [0.15, 0.2) is 5.78 Å². The van der Waals surface area contributed by atoms with Crippen molar-refractivity contribution in [3.05, 3.63) is 78.0 Å². The number of carbonyl (C=O) groups excluding carboxylic acids is 2. The molecule has 0 unspecified atom stereocenters. The van der Waals surface area contributed by atoms with E-state index in [9.17, 15) is 14.7 Å². The number of aryl methyl sites for hydroxylation is 1. The highest BCUT2D eigenvalue weighted by atomic mass is 32.1. The number of hydrogen-bond acceptors (Lipinski definition) is 7. The predicted molar refractivity (Wildman–Crippen MR) is 151 cm³/mol. The standard InChI is InChI=1S/C30H33N5O3S/c1-4-26(34-16-25(32-17-34)24-7-5-6-12-31-24)30(38)35-15-23(36)14-27(35)28(37)13-19(2)21-8-10-22(11-9-21)29-20(3)33-18-39-29/h5-12,16-19,23,26-27,36H,4,13-15H2,1-3H3/t19-,23-,26+,27+/m1/s1. The van der Waals surface area contributed by atoms with Crippen molar-refractivity contribution >= 4 is 23.0 Å². The Labute approximate surface area is 232 Å². The van der Waals surface area contributed by atoms with Crippen molar-refractivity contribution in [1.82, 2.24) is 24.4 Å². The lowest BCUT2D eigenvalue weighted by molar-refractivity contribution is -0.140. The molecule has 9 heteroatoms. The van der Waals surface area contributed by atoms with Crippen molar-refractivity contribution in [3.8, 4) is 21.8 Å².